The second kappa shape index (κ2) is 4.06. The number of rotatable bonds is 4. The van der Waals surface area contributed by atoms with Gasteiger partial charge in [0.1, 0.15) is 5.60 Å². The molecular weight excluding hydrogens is 260 g/mol. The summed E-state index contributed by atoms with van der Waals surface area (Å²) in [6, 6.07) is 0. The van der Waals surface area contributed by atoms with Crippen molar-refractivity contribution in [2.45, 2.75) is 60.9 Å². The predicted octanol–water partition coefficient (Wildman–Crippen LogP) is 1.34. The van der Waals surface area contributed by atoms with Gasteiger partial charge in [-0.15, -0.1) is 0 Å². The zero-order chi connectivity index (χ0) is 14.6. The van der Waals surface area contributed by atoms with Crippen LogP contribution < -0.4 is 0 Å². The van der Waals surface area contributed by atoms with Gasteiger partial charge in [0, 0.05) is 58.8 Å². The maximum Gasteiger partial charge on any atom is 0.330 e. The van der Waals surface area contributed by atoms with Crippen molar-refractivity contribution in [2.75, 3.05) is 14.2 Å². The zero-order valence-corrected chi connectivity index (χ0v) is 12.1. The molecule has 0 aromatic carbocycles. The Morgan fingerprint density at radius 1 is 1.00 bits per heavy atom. The van der Waals surface area contributed by atoms with Gasteiger partial charge in [-0.05, 0) is 0 Å². The molecule has 4 aliphatic rings. The average Bonchev–Trinajstić information content (AvgIpc) is 2.35. The third-order valence-electron chi connectivity index (χ3n) is 5.24. The van der Waals surface area contributed by atoms with E-state index in [2.05, 4.69) is 6.58 Å². The highest BCUT2D eigenvalue weighted by Gasteiger charge is 2.70. The molecule has 2 unspecified atom stereocenters. The zero-order valence-electron chi connectivity index (χ0n) is 12.1. The summed E-state index contributed by atoms with van der Waals surface area (Å²) >= 11 is 0. The molecule has 4 saturated carbocycles. The molecule has 4 rings (SSSR count). The van der Waals surface area contributed by atoms with E-state index in [0.29, 0.717) is 32.1 Å². The third-order valence-corrected chi connectivity index (χ3v) is 5.24. The van der Waals surface area contributed by atoms with Crippen LogP contribution in [0.25, 0.3) is 0 Å². The van der Waals surface area contributed by atoms with Crippen LogP contribution in [0.3, 0.4) is 0 Å². The molecule has 20 heavy (non-hydrogen) atoms. The molecule has 0 spiro atoms. The number of esters is 1. The van der Waals surface area contributed by atoms with Crippen molar-refractivity contribution in [2.24, 2.45) is 0 Å². The van der Waals surface area contributed by atoms with Crippen molar-refractivity contribution in [3.8, 4) is 0 Å². The topological polar surface area (TPSA) is 65.0 Å². The summed E-state index contributed by atoms with van der Waals surface area (Å²) in [6.45, 7) is 3.45. The van der Waals surface area contributed by atoms with E-state index < -0.39 is 28.4 Å². The van der Waals surface area contributed by atoms with Gasteiger partial charge in [0.25, 0.3) is 0 Å². The highest BCUT2D eigenvalue weighted by molar-refractivity contribution is 5.81. The lowest BCUT2D eigenvalue weighted by Crippen LogP contribution is -2.73. The Labute approximate surface area is 118 Å². The number of carbonyl (C=O) groups excluding carboxylic acids is 1. The van der Waals surface area contributed by atoms with Crippen LogP contribution in [0.5, 0.6) is 0 Å². The Kier molecular flexibility index (Phi) is 2.85. The monoisotopic (exact) mass is 282 g/mol. The van der Waals surface area contributed by atoms with E-state index in [-0.39, 0.29) is 0 Å². The van der Waals surface area contributed by atoms with Crippen LogP contribution >= 0.6 is 0 Å². The van der Waals surface area contributed by atoms with Crippen molar-refractivity contribution >= 4 is 5.97 Å². The quantitative estimate of drug-likeness (QED) is 0.622. The minimum atomic E-state index is -0.887. The Morgan fingerprint density at radius 3 is 1.90 bits per heavy atom. The number of aliphatic hydroxyl groups is 1. The van der Waals surface area contributed by atoms with Crippen molar-refractivity contribution in [1.82, 2.24) is 0 Å². The fourth-order valence-electron chi connectivity index (χ4n) is 5.11. The summed E-state index contributed by atoms with van der Waals surface area (Å²) in [5, 5.41) is 10.9. The van der Waals surface area contributed by atoms with E-state index in [9.17, 15) is 9.90 Å². The summed E-state index contributed by atoms with van der Waals surface area (Å²) in [5.74, 6) is -0.451. The molecule has 5 nitrogen and oxygen atoms in total. The first-order valence-electron chi connectivity index (χ1n) is 7.00. The van der Waals surface area contributed by atoms with E-state index in [1.54, 1.807) is 14.2 Å². The van der Waals surface area contributed by atoms with Gasteiger partial charge < -0.3 is 19.3 Å². The van der Waals surface area contributed by atoms with Gasteiger partial charge in [-0.3, -0.25) is 0 Å². The minimum absolute atomic E-state index is 0.451. The fraction of sp³-hybridized carbons (Fsp3) is 0.800. The Morgan fingerprint density at radius 2 is 1.45 bits per heavy atom. The van der Waals surface area contributed by atoms with Gasteiger partial charge in [-0.2, -0.15) is 0 Å². The standard InChI is InChI=1S/C15H22O5/c1-4-11(16)20-15-7-12(17)5-13(9-15,18-2)8-14(6-12,10-15)19-3/h4,17H,1,5-10H2,2-3H3. The Hall–Kier alpha value is -0.910. The van der Waals surface area contributed by atoms with E-state index >= 15 is 0 Å². The maximum absolute atomic E-state index is 11.7. The predicted molar refractivity (Wildman–Crippen MR) is 71.2 cm³/mol. The number of ether oxygens (including phenoxy) is 3. The van der Waals surface area contributed by atoms with Gasteiger partial charge in [0.05, 0.1) is 16.8 Å². The summed E-state index contributed by atoms with van der Waals surface area (Å²) in [5.41, 5.74) is -2.54. The van der Waals surface area contributed by atoms with Gasteiger partial charge in [0.2, 0.25) is 0 Å². The van der Waals surface area contributed by atoms with Crippen LogP contribution in [0.2, 0.25) is 0 Å². The molecule has 1 N–H and O–H groups in total. The molecule has 2 atom stereocenters. The Balaban J connectivity index is 2.01. The number of hydrogen-bond donors (Lipinski definition) is 1. The summed E-state index contributed by atoms with van der Waals surface area (Å²) < 4.78 is 17.1. The average molecular weight is 282 g/mol. The van der Waals surface area contributed by atoms with Crippen LogP contribution in [-0.4, -0.2) is 47.7 Å². The normalized spacial score (nSPS) is 49.1. The van der Waals surface area contributed by atoms with Crippen molar-refractivity contribution in [3.05, 3.63) is 12.7 Å². The second-order valence-corrected chi connectivity index (χ2v) is 6.87. The summed E-state index contributed by atoms with van der Waals surface area (Å²) in [7, 11) is 3.31. The summed E-state index contributed by atoms with van der Waals surface area (Å²) in [4.78, 5) is 11.7. The highest BCUT2D eigenvalue weighted by atomic mass is 16.6. The van der Waals surface area contributed by atoms with Crippen LogP contribution in [0.15, 0.2) is 12.7 Å². The first kappa shape index (κ1) is 14.0. The molecule has 5 heteroatoms. The molecule has 4 aliphatic carbocycles. The lowest BCUT2D eigenvalue weighted by atomic mass is 9.48. The van der Waals surface area contributed by atoms with Crippen LogP contribution in [0.1, 0.15) is 38.5 Å². The molecule has 4 fully saturated rings. The molecule has 0 heterocycles. The number of hydrogen-bond acceptors (Lipinski definition) is 5. The van der Waals surface area contributed by atoms with E-state index in [1.807, 2.05) is 0 Å². The van der Waals surface area contributed by atoms with Gasteiger partial charge in [-0.1, -0.05) is 6.58 Å². The minimum Gasteiger partial charge on any atom is -0.456 e. The van der Waals surface area contributed by atoms with Crippen LogP contribution in [-0.2, 0) is 19.0 Å². The van der Waals surface area contributed by atoms with Gasteiger partial charge >= 0.3 is 5.97 Å². The van der Waals surface area contributed by atoms with Crippen molar-refractivity contribution in [3.63, 3.8) is 0 Å². The molecule has 0 aliphatic heterocycles. The van der Waals surface area contributed by atoms with Gasteiger partial charge in [0.15, 0.2) is 0 Å². The molecular formula is C15H22O5. The first-order chi connectivity index (χ1) is 9.32. The first-order valence-corrected chi connectivity index (χ1v) is 7.00. The van der Waals surface area contributed by atoms with Crippen molar-refractivity contribution < 1.29 is 24.1 Å². The van der Waals surface area contributed by atoms with Crippen LogP contribution in [0.4, 0.5) is 0 Å². The molecule has 0 aromatic rings. The molecule has 0 saturated heterocycles. The number of carbonyl (C=O) groups is 1. The molecule has 112 valence electrons. The second-order valence-electron chi connectivity index (χ2n) is 6.87. The molecule has 0 radical (unpaired) electrons. The smallest absolute Gasteiger partial charge is 0.330 e. The molecule has 0 aromatic heterocycles. The van der Waals surface area contributed by atoms with Gasteiger partial charge in [-0.25, -0.2) is 4.79 Å². The van der Waals surface area contributed by atoms with Crippen LogP contribution in [0, 0.1) is 0 Å². The summed E-state index contributed by atoms with van der Waals surface area (Å²) in [6.07, 6.45) is 4.75. The SMILES string of the molecule is C=CC(=O)OC12CC3(O)CC(OC)(CC(OC)(C3)C1)C2. The molecule has 4 bridgehead atoms. The maximum atomic E-state index is 11.7. The van der Waals surface area contributed by atoms with E-state index in [1.165, 1.54) is 6.08 Å². The Bertz CT molecular complexity index is 437. The van der Waals surface area contributed by atoms with Crippen molar-refractivity contribution in [1.29, 1.82) is 0 Å². The highest BCUT2D eigenvalue weighted by Crippen LogP contribution is 2.64. The third kappa shape index (κ3) is 1.91. The molecule has 0 amide bonds. The fourth-order valence-corrected chi connectivity index (χ4v) is 5.11. The van der Waals surface area contributed by atoms with E-state index in [0.717, 1.165) is 6.42 Å². The number of methoxy groups -OCH3 is 2. The lowest BCUT2D eigenvalue weighted by molar-refractivity contribution is -0.310. The largest absolute Gasteiger partial charge is 0.456 e. The van der Waals surface area contributed by atoms with E-state index in [4.69, 9.17) is 14.2 Å². The lowest BCUT2D eigenvalue weighted by Gasteiger charge is -2.66.